The van der Waals surface area contributed by atoms with E-state index in [9.17, 15) is 4.79 Å². The van der Waals surface area contributed by atoms with Gasteiger partial charge >= 0.3 is 6.09 Å². The molecule has 0 unspecified atom stereocenters. The number of carbonyl (C=O) groups excluding carboxylic acids is 1. The van der Waals surface area contributed by atoms with Gasteiger partial charge in [0.25, 0.3) is 0 Å². The number of amides is 1. The normalized spacial score (nSPS) is 12.2. The van der Waals surface area contributed by atoms with E-state index in [0.29, 0.717) is 0 Å². The van der Waals surface area contributed by atoms with E-state index in [0.717, 1.165) is 22.0 Å². The smallest absolute Gasteiger partial charge is 0.408 e. The Hall–Kier alpha value is -2.47. The summed E-state index contributed by atoms with van der Waals surface area (Å²) in [6, 6.07) is 14.5. The number of alkyl carbamates (subject to hydrolysis) is 1. The van der Waals surface area contributed by atoms with Crippen LogP contribution in [0, 0.1) is 0 Å². The minimum absolute atomic E-state index is 0.455. The molecule has 28 heavy (non-hydrogen) atoms. The highest BCUT2D eigenvalue weighted by atomic mass is 32.2. The molecule has 0 saturated carbocycles. The largest absolute Gasteiger partial charge is 0.444 e. The van der Waals surface area contributed by atoms with Gasteiger partial charge in [-0.1, -0.05) is 30.3 Å². The highest BCUT2D eigenvalue weighted by Crippen LogP contribution is 2.30. The molecule has 1 N–H and O–H groups in total. The first-order chi connectivity index (χ1) is 13.2. The number of thioether (sulfide) groups is 1. The van der Waals surface area contributed by atoms with Crippen LogP contribution in [0.5, 0.6) is 0 Å². The number of nitrogens with one attached hydrogen (secondary N) is 1. The molecule has 148 valence electrons. The number of ether oxygens (including phenoxy) is 1. The Morgan fingerprint density at radius 3 is 2.50 bits per heavy atom. The third kappa shape index (κ3) is 4.87. The molecule has 0 spiro atoms. The van der Waals surface area contributed by atoms with Gasteiger partial charge in [0.1, 0.15) is 11.4 Å². The number of pyridine rings is 1. The van der Waals surface area contributed by atoms with Crippen molar-refractivity contribution in [3.05, 3.63) is 66.2 Å². The molecule has 2 heterocycles. The maximum absolute atomic E-state index is 12.3. The second-order valence-electron chi connectivity index (χ2n) is 8.24. The second kappa shape index (κ2) is 7.87. The molecule has 0 radical (unpaired) electrons. The fourth-order valence-corrected chi connectivity index (χ4v) is 3.92. The van der Waals surface area contributed by atoms with Gasteiger partial charge in [-0.2, -0.15) is 0 Å². The van der Waals surface area contributed by atoms with Gasteiger partial charge in [-0.15, -0.1) is 11.8 Å². The lowest BCUT2D eigenvalue weighted by Gasteiger charge is -2.27. The molecule has 0 aliphatic carbocycles. The number of carbonyl (C=O) groups is 1. The SMILES string of the molecule is CC(C)(C)OC(=O)NC(C)(C)c1ncc2c(SCc3ccccc3)cccn12. The van der Waals surface area contributed by atoms with Crippen molar-refractivity contribution in [3.8, 4) is 0 Å². The van der Waals surface area contributed by atoms with Crippen LogP contribution in [0.4, 0.5) is 4.79 Å². The van der Waals surface area contributed by atoms with E-state index in [4.69, 9.17) is 4.74 Å². The van der Waals surface area contributed by atoms with Gasteiger partial charge in [0, 0.05) is 16.8 Å². The summed E-state index contributed by atoms with van der Waals surface area (Å²) < 4.78 is 7.44. The Bertz CT molecular complexity index is 959. The lowest BCUT2D eigenvalue weighted by Crippen LogP contribution is -2.44. The van der Waals surface area contributed by atoms with Crippen LogP contribution in [-0.4, -0.2) is 21.1 Å². The predicted octanol–water partition coefficient (Wildman–Crippen LogP) is 5.39. The van der Waals surface area contributed by atoms with Gasteiger partial charge in [-0.25, -0.2) is 9.78 Å². The van der Waals surface area contributed by atoms with Crippen LogP contribution in [0.3, 0.4) is 0 Å². The summed E-state index contributed by atoms with van der Waals surface area (Å²) in [5.41, 5.74) is 1.08. The highest BCUT2D eigenvalue weighted by Gasteiger charge is 2.30. The maximum Gasteiger partial charge on any atom is 0.408 e. The quantitative estimate of drug-likeness (QED) is 0.587. The second-order valence-corrected chi connectivity index (χ2v) is 9.25. The summed E-state index contributed by atoms with van der Waals surface area (Å²) in [5, 5.41) is 2.93. The molecule has 3 rings (SSSR count). The molecule has 3 aromatic rings. The molecule has 1 amide bonds. The molecule has 0 atom stereocenters. The van der Waals surface area contributed by atoms with Crippen LogP contribution >= 0.6 is 11.8 Å². The number of benzene rings is 1. The van der Waals surface area contributed by atoms with E-state index in [-0.39, 0.29) is 0 Å². The van der Waals surface area contributed by atoms with Crippen LogP contribution in [0.2, 0.25) is 0 Å². The molecule has 5 nitrogen and oxygen atoms in total. The van der Waals surface area contributed by atoms with Crippen molar-refractivity contribution in [2.24, 2.45) is 0 Å². The Labute approximate surface area is 170 Å². The van der Waals surface area contributed by atoms with E-state index in [1.807, 2.05) is 63.5 Å². The van der Waals surface area contributed by atoms with Crippen LogP contribution in [-0.2, 0) is 16.0 Å². The third-order valence-electron chi connectivity index (χ3n) is 4.14. The molecule has 1 aromatic carbocycles. The zero-order valence-electron chi connectivity index (χ0n) is 17.0. The number of nitrogens with zero attached hydrogens (tertiary/aromatic N) is 2. The number of hydrogen-bond acceptors (Lipinski definition) is 4. The van der Waals surface area contributed by atoms with E-state index in [1.54, 1.807) is 11.8 Å². The summed E-state index contributed by atoms with van der Waals surface area (Å²) in [4.78, 5) is 18.0. The molecule has 6 heteroatoms. The fourth-order valence-electron chi connectivity index (χ4n) is 2.93. The van der Waals surface area contributed by atoms with Crippen molar-refractivity contribution >= 4 is 23.4 Å². The van der Waals surface area contributed by atoms with Gasteiger partial charge in [-0.3, -0.25) is 0 Å². The minimum Gasteiger partial charge on any atom is -0.444 e. The number of aromatic nitrogens is 2. The van der Waals surface area contributed by atoms with E-state index < -0.39 is 17.2 Å². The van der Waals surface area contributed by atoms with Crippen LogP contribution in [0.1, 0.15) is 46.0 Å². The first-order valence-corrected chi connectivity index (χ1v) is 10.3. The summed E-state index contributed by atoms with van der Waals surface area (Å²) in [5.74, 6) is 1.65. The standard InChI is InChI=1S/C22H27N3O2S/c1-21(2,3)27-20(26)24-22(4,5)19-23-14-17-18(12-9-13-25(17)19)28-15-16-10-7-6-8-11-16/h6-14H,15H2,1-5H3,(H,24,26). The zero-order valence-corrected chi connectivity index (χ0v) is 17.8. The molecule has 0 fully saturated rings. The van der Waals surface area contributed by atoms with Crippen molar-refractivity contribution < 1.29 is 9.53 Å². The van der Waals surface area contributed by atoms with Crippen molar-refractivity contribution in [1.29, 1.82) is 0 Å². The van der Waals surface area contributed by atoms with E-state index in [1.165, 1.54) is 5.56 Å². The number of fused-ring (bicyclic) bond motifs is 1. The van der Waals surface area contributed by atoms with Crippen LogP contribution < -0.4 is 5.32 Å². The minimum atomic E-state index is -0.683. The Morgan fingerprint density at radius 1 is 1.11 bits per heavy atom. The molecular formula is C22H27N3O2S. The lowest BCUT2D eigenvalue weighted by molar-refractivity contribution is 0.0466. The molecule has 0 saturated heterocycles. The average Bonchev–Trinajstić information content (AvgIpc) is 3.04. The molecular weight excluding hydrogens is 370 g/mol. The van der Waals surface area contributed by atoms with Crippen LogP contribution in [0.15, 0.2) is 59.8 Å². The number of rotatable bonds is 5. The first-order valence-electron chi connectivity index (χ1n) is 9.30. The van der Waals surface area contributed by atoms with Gasteiger partial charge in [0.15, 0.2) is 0 Å². The average molecular weight is 398 g/mol. The summed E-state index contributed by atoms with van der Waals surface area (Å²) in [7, 11) is 0. The molecule has 0 bridgehead atoms. The summed E-state index contributed by atoms with van der Waals surface area (Å²) in [6.07, 6.45) is 3.38. The van der Waals surface area contributed by atoms with Gasteiger partial charge in [0.2, 0.25) is 0 Å². The Kier molecular flexibility index (Phi) is 5.70. The summed E-state index contributed by atoms with van der Waals surface area (Å²) >= 11 is 1.78. The van der Waals surface area contributed by atoms with Crippen molar-refractivity contribution in [2.75, 3.05) is 0 Å². The van der Waals surface area contributed by atoms with Crippen molar-refractivity contribution in [1.82, 2.24) is 14.7 Å². The molecule has 0 aliphatic rings. The predicted molar refractivity (Wildman–Crippen MR) is 114 cm³/mol. The van der Waals surface area contributed by atoms with E-state index >= 15 is 0 Å². The van der Waals surface area contributed by atoms with Gasteiger partial charge < -0.3 is 14.5 Å². The highest BCUT2D eigenvalue weighted by molar-refractivity contribution is 7.98. The number of hydrogen-bond donors (Lipinski definition) is 1. The Morgan fingerprint density at radius 2 is 1.82 bits per heavy atom. The van der Waals surface area contributed by atoms with Gasteiger partial charge in [-0.05, 0) is 52.3 Å². The van der Waals surface area contributed by atoms with Crippen LogP contribution in [0.25, 0.3) is 5.52 Å². The monoisotopic (exact) mass is 397 g/mol. The van der Waals surface area contributed by atoms with Crippen molar-refractivity contribution in [2.45, 2.75) is 56.4 Å². The Balaban J connectivity index is 1.82. The summed E-state index contributed by atoms with van der Waals surface area (Å²) in [6.45, 7) is 9.40. The number of imidazole rings is 1. The first kappa shape index (κ1) is 20.3. The molecule has 0 aliphatic heterocycles. The third-order valence-corrected chi connectivity index (χ3v) is 5.28. The fraction of sp³-hybridized carbons (Fsp3) is 0.364. The molecule has 2 aromatic heterocycles. The lowest BCUT2D eigenvalue weighted by atomic mass is 10.1. The van der Waals surface area contributed by atoms with E-state index in [2.05, 4.69) is 40.6 Å². The topological polar surface area (TPSA) is 55.6 Å². The zero-order chi connectivity index (χ0) is 20.4. The maximum atomic E-state index is 12.3. The van der Waals surface area contributed by atoms with Gasteiger partial charge in [0.05, 0.1) is 17.3 Å². The van der Waals surface area contributed by atoms with Crippen molar-refractivity contribution in [3.63, 3.8) is 0 Å².